The van der Waals surface area contributed by atoms with Crippen LogP contribution in [0.2, 0.25) is 0 Å². The highest BCUT2D eigenvalue weighted by Gasteiger charge is 2.24. The predicted molar refractivity (Wildman–Crippen MR) is 48.7 cm³/mol. The molecule has 2 heteroatoms. The highest BCUT2D eigenvalue weighted by atomic mass is 32.1. The van der Waals surface area contributed by atoms with E-state index >= 15 is 0 Å². The van der Waals surface area contributed by atoms with E-state index in [1.807, 2.05) is 38.3 Å². The largest absolute Gasteiger partial charge is 0.387 e. The van der Waals surface area contributed by atoms with Gasteiger partial charge in [0.1, 0.15) is 0 Å². The average Bonchev–Trinajstić information content (AvgIpc) is 2.34. The molecule has 0 unspecified atom stereocenters. The second-order valence-corrected chi connectivity index (χ2v) is 4.76. The molecule has 0 amide bonds. The van der Waals surface area contributed by atoms with Crippen LogP contribution in [0.15, 0.2) is 17.5 Å². The van der Waals surface area contributed by atoms with Gasteiger partial charge in [0.05, 0.1) is 6.10 Å². The van der Waals surface area contributed by atoms with Gasteiger partial charge in [0.2, 0.25) is 0 Å². The summed E-state index contributed by atoms with van der Waals surface area (Å²) in [5.74, 6) is 0. The van der Waals surface area contributed by atoms with E-state index in [0.717, 1.165) is 4.88 Å². The Kier molecular flexibility index (Phi) is 2.35. The van der Waals surface area contributed by atoms with Crippen molar-refractivity contribution in [2.24, 2.45) is 5.41 Å². The Morgan fingerprint density at radius 2 is 2.09 bits per heavy atom. The SMILES string of the molecule is CC(C)(C)[C@@H](O)c1cccs1. The Morgan fingerprint density at radius 1 is 1.45 bits per heavy atom. The molecule has 0 aliphatic rings. The molecule has 0 saturated carbocycles. The fourth-order valence-corrected chi connectivity index (χ4v) is 1.83. The van der Waals surface area contributed by atoms with E-state index in [1.165, 1.54) is 0 Å². The summed E-state index contributed by atoms with van der Waals surface area (Å²) in [4.78, 5) is 1.05. The summed E-state index contributed by atoms with van der Waals surface area (Å²) in [5, 5.41) is 11.7. The van der Waals surface area contributed by atoms with Crippen LogP contribution in [0, 0.1) is 5.41 Å². The molecule has 11 heavy (non-hydrogen) atoms. The van der Waals surface area contributed by atoms with Gasteiger partial charge in [-0.25, -0.2) is 0 Å². The van der Waals surface area contributed by atoms with Crippen molar-refractivity contribution in [3.63, 3.8) is 0 Å². The molecule has 1 atom stereocenters. The summed E-state index contributed by atoms with van der Waals surface area (Å²) < 4.78 is 0. The predicted octanol–water partition coefficient (Wildman–Crippen LogP) is 2.83. The summed E-state index contributed by atoms with van der Waals surface area (Å²) in [6.07, 6.45) is -0.331. The van der Waals surface area contributed by atoms with Gasteiger partial charge in [-0.1, -0.05) is 26.8 Å². The van der Waals surface area contributed by atoms with Crippen LogP contribution in [-0.2, 0) is 0 Å². The van der Waals surface area contributed by atoms with E-state index in [-0.39, 0.29) is 11.5 Å². The van der Waals surface area contributed by atoms with Crippen LogP contribution in [-0.4, -0.2) is 5.11 Å². The molecule has 0 fully saturated rings. The number of aliphatic hydroxyl groups excluding tert-OH is 1. The number of thiophene rings is 1. The van der Waals surface area contributed by atoms with Gasteiger partial charge >= 0.3 is 0 Å². The van der Waals surface area contributed by atoms with E-state index in [2.05, 4.69) is 0 Å². The molecule has 0 radical (unpaired) electrons. The molecule has 62 valence electrons. The molecule has 1 rings (SSSR count). The minimum atomic E-state index is -0.331. The number of aliphatic hydroxyl groups is 1. The standard InChI is InChI=1S/C9H14OS/c1-9(2,3)8(10)7-5-4-6-11-7/h4-6,8,10H,1-3H3/t8-/m0/s1. The van der Waals surface area contributed by atoms with Gasteiger partial charge in [-0.2, -0.15) is 0 Å². The molecule has 1 aromatic heterocycles. The Hall–Kier alpha value is -0.340. The van der Waals surface area contributed by atoms with Crippen molar-refractivity contribution in [2.75, 3.05) is 0 Å². The molecule has 0 aliphatic carbocycles. The number of rotatable bonds is 1. The molecule has 0 bridgehead atoms. The van der Waals surface area contributed by atoms with Crippen molar-refractivity contribution in [2.45, 2.75) is 26.9 Å². The smallest absolute Gasteiger partial charge is 0.0929 e. The van der Waals surface area contributed by atoms with Crippen LogP contribution in [0.25, 0.3) is 0 Å². The van der Waals surface area contributed by atoms with Gasteiger partial charge in [-0.15, -0.1) is 11.3 Å². The van der Waals surface area contributed by atoms with Crippen LogP contribution < -0.4 is 0 Å². The summed E-state index contributed by atoms with van der Waals surface area (Å²) in [7, 11) is 0. The Labute approximate surface area is 71.7 Å². The van der Waals surface area contributed by atoms with E-state index < -0.39 is 0 Å². The van der Waals surface area contributed by atoms with Crippen molar-refractivity contribution in [3.05, 3.63) is 22.4 Å². The topological polar surface area (TPSA) is 20.2 Å². The molecular weight excluding hydrogens is 156 g/mol. The normalized spacial score (nSPS) is 14.9. The minimum absolute atomic E-state index is 0.0507. The van der Waals surface area contributed by atoms with Gasteiger partial charge in [-0.05, 0) is 16.9 Å². The van der Waals surface area contributed by atoms with Gasteiger partial charge < -0.3 is 5.11 Å². The van der Waals surface area contributed by atoms with E-state index in [9.17, 15) is 5.11 Å². The van der Waals surface area contributed by atoms with Crippen LogP contribution >= 0.6 is 11.3 Å². The Morgan fingerprint density at radius 3 is 2.45 bits per heavy atom. The van der Waals surface area contributed by atoms with Crippen molar-refractivity contribution in [1.82, 2.24) is 0 Å². The molecule has 0 aromatic carbocycles. The zero-order valence-electron chi connectivity index (χ0n) is 7.16. The van der Waals surface area contributed by atoms with Crippen LogP contribution in [0.3, 0.4) is 0 Å². The van der Waals surface area contributed by atoms with E-state index in [0.29, 0.717) is 0 Å². The lowest BCUT2D eigenvalue weighted by Gasteiger charge is -2.24. The molecule has 1 nitrogen and oxygen atoms in total. The van der Waals surface area contributed by atoms with Crippen LogP contribution in [0.1, 0.15) is 31.8 Å². The van der Waals surface area contributed by atoms with Crippen molar-refractivity contribution in [3.8, 4) is 0 Å². The second-order valence-electron chi connectivity index (χ2n) is 3.78. The zero-order chi connectivity index (χ0) is 8.48. The average molecular weight is 170 g/mol. The molecule has 0 spiro atoms. The van der Waals surface area contributed by atoms with Gasteiger partial charge in [0.25, 0.3) is 0 Å². The maximum Gasteiger partial charge on any atom is 0.0929 e. The van der Waals surface area contributed by atoms with Crippen LogP contribution in [0.5, 0.6) is 0 Å². The highest BCUT2D eigenvalue weighted by molar-refractivity contribution is 7.10. The first kappa shape index (κ1) is 8.75. The van der Waals surface area contributed by atoms with Gasteiger partial charge in [0, 0.05) is 4.88 Å². The molecule has 0 saturated heterocycles. The summed E-state index contributed by atoms with van der Waals surface area (Å²) >= 11 is 1.61. The minimum Gasteiger partial charge on any atom is -0.387 e. The lowest BCUT2D eigenvalue weighted by Crippen LogP contribution is -2.16. The molecule has 1 heterocycles. The van der Waals surface area contributed by atoms with Crippen molar-refractivity contribution in [1.29, 1.82) is 0 Å². The van der Waals surface area contributed by atoms with Gasteiger partial charge in [0.15, 0.2) is 0 Å². The molecule has 0 aliphatic heterocycles. The number of hydrogen-bond acceptors (Lipinski definition) is 2. The third-order valence-electron chi connectivity index (χ3n) is 1.63. The Bertz CT molecular complexity index is 208. The van der Waals surface area contributed by atoms with E-state index in [4.69, 9.17) is 0 Å². The third kappa shape index (κ3) is 2.04. The molecule has 1 aromatic rings. The third-order valence-corrected chi connectivity index (χ3v) is 2.56. The lowest BCUT2D eigenvalue weighted by atomic mass is 9.88. The zero-order valence-corrected chi connectivity index (χ0v) is 7.98. The highest BCUT2D eigenvalue weighted by Crippen LogP contribution is 2.34. The monoisotopic (exact) mass is 170 g/mol. The fraction of sp³-hybridized carbons (Fsp3) is 0.556. The van der Waals surface area contributed by atoms with Crippen molar-refractivity contribution < 1.29 is 5.11 Å². The maximum absolute atomic E-state index is 9.76. The number of hydrogen-bond donors (Lipinski definition) is 1. The maximum atomic E-state index is 9.76. The van der Waals surface area contributed by atoms with E-state index in [1.54, 1.807) is 11.3 Å². The molecule has 1 N–H and O–H groups in total. The summed E-state index contributed by atoms with van der Waals surface area (Å²) in [5.41, 5.74) is -0.0507. The fourth-order valence-electron chi connectivity index (χ4n) is 0.874. The quantitative estimate of drug-likeness (QED) is 0.687. The second kappa shape index (κ2) is 2.95. The first-order valence-electron chi connectivity index (χ1n) is 3.73. The first-order valence-corrected chi connectivity index (χ1v) is 4.61. The van der Waals surface area contributed by atoms with Crippen LogP contribution in [0.4, 0.5) is 0 Å². The summed E-state index contributed by atoms with van der Waals surface area (Å²) in [6, 6.07) is 3.94. The first-order chi connectivity index (χ1) is 5.02. The lowest BCUT2D eigenvalue weighted by molar-refractivity contribution is 0.0658. The summed E-state index contributed by atoms with van der Waals surface area (Å²) in [6.45, 7) is 6.12. The van der Waals surface area contributed by atoms with Gasteiger partial charge in [-0.3, -0.25) is 0 Å². The molecular formula is C9H14OS. The van der Waals surface area contributed by atoms with Crippen molar-refractivity contribution >= 4 is 11.3 Å². The Balaban J connectivity index is 2.78.